The molecule has 1 aromatic heterocycles. The van der Waals surface area contributed by atoms with E-state index in [4.69, 9.17) is 10.8 Å². The first kappa shape index (κ1) is 13.2. The number of aliphatic imine (C=N–C) groups is 1. The second kappa shape index (κ2) is 6.64. The molecule has 4 nitrogen and oxygen atoms in total. The SMILES string of the molecule is C#CC(NC(=NC)NCc1ccco1)C(C)C. The fourth-order valence-electron chi connectivity index (χ4n) is 1.33. The predicted molar refractivity (Wildman–Crippen MR) is 69.5 cm³/mol. The van der Waals surface area contributed by atoms with Crippen molar-refractivity contribution >= 4 is 5.96 Å². The maximum Gasteiger partial charge on any atom is 0.192 e. The molecule has 1 aromatic rings. The number of guanidine groups is 1. The average Bonchev–Trinajstić information content (AvgIpc) is 2.82. The van der Waals surface area contributed by atoms with Crippen molar-refractivity contribution in [2.24, 2.45) is 10.9 Å². The van der Waals surface area contributed by atoms with E-state index < -0.39 is 0 Å². The first-order chi connectivity index (χ1) is 8.17. The van der Waals surface area contributed by atoms with Crippen LogP contribution in [-0.2, 0) is 6.54 Å². The summed E-state index contributed by atoms with van der Waals surface area (Å²) in [6, 6.07) is 3.73. The number of terminal acetylenes is 1. The molecule has 0 aliphatic rings. The first-order valence-electron chi connectivity index (χ1n) is 5.63. The number of nitrogens with one attached hydrogen (secondary N) is 2. The molecule has 0 spiro atoms. The van der Waals surface area contributed by atoms with Gasteiger partial charge in [-0.1, -0.05) is 19.8 Å². The second-order valence-electron chi connectivity index (χ2n) is 4.04. The summed E-state index contributed by atoms with van der Waals surface area (Å²) >= 11 is 0. The standard InChI is InChI=1S/C13H19N3O/c1-5-12(10(2)3)16-13(14-4)15-9-11-7-6-8-17-11/h1,6-8,10,12H,9H2,2-4H3,(H2,14,15,16). The van der Waals surface area contributed by atoms with Crippen molar-refractivity contribution in [1.82, 2.24) is 10.6 Å². The molecule has 0 radical (unpaired) electrons. The number of nitrogens with zero attached hydrogens (tertiary/aromatic N) is 1. The van der Waals surface area contributed by atoms with E-state index in [1.165, 1.54) is 0 Å². The Balaban J connectivity index is 2.47. The van der Waals surface area contributed by atoms with Gasteiger partial charge >= 0.3 is 0 Å². The molecule has 0 saturated heterocycles. The van der Waals surface area contributed by atoms with Gasteiger partial charge in [0, 0.05) is 7.05 Å². The van der Waals surface area contributed by atoms with Crippen LogP contribution in [-0.4, -0.2) is 19.0 Å². The Morgan fingerprint density at radius 3 is 2.82 bits per heavy atom. The second-order valence-corrected chi connectivity index (χ2v) is 4.04. The van der Waals surface area contributed by atoms with Gasteiger partial charge in [-0.3, -0.25) is 4.99 Å². The lowest BCUT2D eigenvalue weighted by molar-refractivity contribution is 0.496. The molecule has 1 heterocycles. The quantitative estimate of drug-likeness (QED) is 0.472. The zero-order valence-electron chi connectivity index (χ0n) is 10.5. The maximum absolute atomic E-state index is 5.45. The van der Waals surface area contributed by atoms with E-state index in [0.29, 0.717) is 18.4 Å². The van der Waals surface area contributed by atoms with E-state index >= 15 is 0 Å². The average molecular weight is 233 g/mol. The van der Waals surface area contributed by atoms with Gasteiger partial charge in [-0.2, -0.15) is 0 Å². The zero-order valence-corrected chi connectivity index (χ0v) is 10.5. The summed E-state index contributed by atoms with van der Waals surface area (Å²) in [4.78, 5) is 4.11. The lowest BCUT2D eigenvalue weighted by atomic mass is 10.1. The lowest BCUT2D eigenvalue weighted by Crippen LogP contribution is -2.44. The Morgan fingerprint density at radius 2 is 2.35 bits per heavy atom. The van der Waals surface area contributed by atoms with Gasteiger partial charge in [0.2, 0.25) is 0 Å². The smallest absolute Gasteiger partial charge is 0.192 e. The fourth-order valence-corrected chi connectivity index (χ4v) is 1.33. The minimum atomic E-state index is -0.0298. The number of hydrogen-bond acceptors (Lipinski definition) is 2. The van der Waals surface area contributed by atoms with Gasteiger partial charge in [0.15, 0.2) is 5.96 Å². The molecule has 0 aliphatic heterocycles. The largest absolute Gasteiger partial charge is 0.467 e. The first-order valence-corrected chi connectivity index (χ1v) is 5.63. The highest BCUT2D eigenvalue weighted by Crippen LogP contribution is 2.01. The molecule has 17 heavy (non-hydrogen) atoms. The summed E-state index contributed by atoms with van der Waals surface area (Å²) in [5.74, 6) is 4.59. The van der Waals surface area contributed by atoms with Crippen LogP contribution in [0.5, 0.6) is 0 Å². The highest BCUT2D eigenvalue weighted by atomic mass is 16.3. The van der Waals surface area contributed by atoms with Crippen LogP contribution in [0.1, 0.15) is 19.6 Å². The summed E-state index contributed by atoms with van der Waals surface area (Å²) in [6.07, 6.45) is 7.10. The van der Waals surface area contributed by atoms with Crippen molar-refractivity contribution < 1.29 is 4.42 Å². The Hall–Kier alpha value is -1.89. The molecule has 0 saturated carbocycles. The third-order valence-corrected chi connectivity index (χ3v) is 2.37. The van der Waals surface area contributed by atoms with Crippen molar-refractivity contribution in [3.05, 3.63) is 24.2 Å². The molecule has 2 N–H and O–H groups in total. The summed E-state index contributed by atoms with van der Waals surface area (Å²) < 4.78 is 5.22. The monoisotopic (exact) mass is 233 g/mol. The van der Waals surface area contributed by atoms with Gasteiger partial charge in [-0.25, -0.2) is 0 Å². The highest BCUT2D eigenvalue weighted by molar-refractivity contribution is 5.80. The van der Waals surface area contributed by atoms with E-state index in [-0.39, 0.29) is 6.04 Å². The van der Waals surface area contributed by atoms with Crippen LogP contribution in [0.2, 0.25) is 0 Å². The highest BCUT2D eigenvalue weighted by Gasteiger charge is 2.11. The fraction of sp³-hybridized carbons (Fsp3) is 0.462. The van der Waals surface area contributed by atoms with E-state index in [1.54, 1.807) is 13.3 Å². The van der Waals surface area contributed by atoms with Crippen molar-refractivity contribution in [2.45, 2.75) is 26.4 Å². The molecule has 0 aliphatic carbocycles. The van der Waals surface area contributed by atoms with Crippen LogP contribution in [0.25, 0.3) is 0 Å². The van der Waals surface area contributed by atoms with Gasteiger partial charge in [0.25, 0.3) is 0 Å². The summed E-state index contributed by atoms with van der Waals surface area (Å²) in [5, 5.41) is 6.32. The van der Waals surface area contributed by atoms with Crippen molar-refractivity contribution in [1.29, 1.82) is 0 Å². The van der Waals surface area contributed by atoms with Crippen LogP contribution in [0.4, 0.5) is 0 Å². The van der Waals surface area contributed by atoms with E-state index in [0.717, 1.165) is 5.76 Å². The molecule has 0 bridgehead atoms. The molecule has 0 fully saturated rings. The topological polar surface area (TPSA) is 49.6 Å². The number of rotatable bonds is 4. The third kappa shape index (κ3) is 4.23. The summed E-state index contributed by atoms with van der Waals surface area (Å²) in [7, 11) is 1.71. The molecular formula is C13H19N3O. The van der Waals surface area contributed by atoms with E-state index in [1.807, 2.05) is 12.1 Å². The van der Waals surface area contributed by atoms with Crippen LogP contribution >= 0.6 is 0 Å². The van der Waals surface area contributed by atoms with Crippen LogP contribution < -0.4 is 10.6 Å². The maximum atomic E-state index is 5.45. The normalized spacial score (nSPS) is 13.2. The molecule has 1 rings (SSSR count). The van der Waals surface area contributed by atoms with Gasteiger partial charge in [-0.05, 0) is 18.1 Å². The summed E-state index contributed by atoms with van der Waals surface area (Å²) in [5.41, 5.74) is 0. The minimum Gasteiger partial charge on any atom is -0.467 e. The van der Waals surface area contributed by atoms with Crippen molar-refractivity contribution in [3.63, 3.8) is 0 Å². The van der Waals surface area contributed by atoms with Crippen molar-refractivity contribution in [2.75, 3.05) is 7.05 Å². The molecule has 1 unspecified atom stereocenters. The van der Waals surface area contributed by atoms with Crippen LogP contribution in [0, 0.1) is 18.3 Å². The zero-order chi connectivity index (χ0) is 12.7. The number of furan rings is 1. The Bertz CT molecular complexity index is 387. The van der Waals surface area contributed by atoms with Crippen LogP contribution in [0.15, 0.2) is 27.8 Å². The Kier molecular flexibility index (Phi) is 5.15. The van der Waals surface area contributed by atoms with E-state index in [9.17, 15) is 0 Å². The molecule has 4 heteroatoms. The van der Waals surface area contributed by atoms with Gasteiger partial charge in [-0.15, -0.1) is 6.42 Å². The van der Waals surface area contributed by atoms with E-state index in [2.05, 4.69) is 35.4 Å². The van der Waals surface area contributed by atoms with Crippen molar-refractivity contribution in [3.8, 4) is 12.3 Å². The van der Waals surface area contributed by atoms with Crippen LogP contribution in [0.3, 0.4) is 0 Å². The van der Waals surface area contributed by atoms with Gasteiger partial charge in [0.1, 0.15) is 5.76 Å². The van der Waals surface area contributed by atoms with Gasteiger partial charge in [0.05, 0.1) is 18.8 Å². The third-order valence-electron chi connectivity index (χ3n) is 2.37. The predicted octanol–water partition coefficient (Wildman–Crippen LogP) is 1.60. The Morgan fingerprint density at radius 1 is 1.59 bits per heavy atom. The Labute approximate surface area is 103 Å². The molecule has 0 aromatic carbocycles. The molecule has 1 atom stereocenters. The molecule has 0 amide bonds. The summed E-state index contributed by atoms with van der Waals surface area (Å²) in [6.45, 7) is 4.72. The lowest BCUT2D eigenvalue weighted by Gasteiger charge is -2.19. The van der Waals surface area contributed by atoms with Gasteiger partial charge < -0.3 is 15.1 Å². The molecular weight excluding hydrogens is 214 g/mol. The number of hydrogen-bond donors (Lipinski definition) is 2. The minimum absolute atomic E-state index is 0.0298. The molecule has 92 valence electrons.